The van der Waals surface area contributed by atoms with Crippen molar-refractivity contribution in [2.75, 3.05) is 31.2 Å². The van der Waals surface area contributed by atoms with Crippen LogP contribution in [0.4, 0.5) is 10.2 Å². The summed E-state index contributed by atoms with van der Waals surface area (Å²) in [5.74, 6) is 1.41. The summed E-state index contributed by atoms with van der Waals surface area (Å²) in [4.78, 5) is 10.8. The fourth-order valence-corrected chi connectivity index (χ4v) is 2.96. The lowest BCUT2D eigenvalue weighted by atomic mass is 10.2. The lowest BCUT2D eigenvalue weighted by molar-refractivity contribution is 0.122. The van der Waals surface area contributed by atoms with Crippen LogP contribution in [0.5, 0.6) is 0 Å². The van der Waals surface area contributed by atoms with Crippen molar-refractivity contribution in [1.82, 2.24) is 9.97 Å². The lowest BCUT2D eigenvalue weighted by Gasteiger charge is -2.27. The number of hydrogen-bond acceptors (Lipinski definition) is 5. The molecule has 0 radical (unpaired) electrons. The van der Waals surface area contributed by atoms with Gasteiger partial charge in [-0.05, 0) is 17.7 Å². The van der Waals surface area contributed by atoms with Crippen LogP contribution in [0.15, 0.2) is 41.7 Å². The predicted molar refractivity (Wildman–Crippen MR) is 81.0 cm³/mol. The van der Waals surface area contributed by atoms with Crippen LogP contribution in [-0.2, 0) is 10.5 Å². The summed E-state index contributed by atoms with van der Waals surface area (Å²) in [7, 11) is 0. The van der Waals surface area contributed by atoms with Crippen LogP contribution in [0.25, 0.3) is 0 Å². The third-order valence-corrected chi connectivity index (χ3v) is 4.24. The number of ether oxygens (including phenoxy) is 1. The molecule has 0 unspecified atom stereocenters. The van der Waals surface area contributed by atoms with Gasteiger partial charge in [-0.15, -0.1) is 11.8 Å². The molecule has 1 aliphatic heterocycles. The average Bonchev–Trinajstić information content (AvgIpc) is 2.54. The van der Waals surface area contributed by atoms with Gasteiger partial charge in [-0.1, -0.05) is 12.1 Å². The van der Waals surface area contributed by atoms with Gasteiger partial charge in [0.25, 0.3) is 0 Å². The second kappa shape index (κ2) is 6.87. The van der Waals surface area contributed by atoms with Crippen LogP contribution in [0, 0.1) is 5.82 Å². The van der Waals surface area contributed by atoms with Gasteiger partial charge in [0.05, 0.1) is 13.2 Å². The number of benzene rings is 1. The van der Waals surface area contributed by atoms with Gasteiger partial charge in [0.2, 0.25) is 0 Å². The van der Waals surface area contributed by atoms with Crippen LogP contribution in [-0.4, -0.2) is 36.3 Å². The highest BCUT2D eigenvalue weighted by molar-refractivity contribution is 7.98. The first-order valence-electron chi connectivity index (χ1n) is 6.83. The molecule has 2 aromatic rings. The van der Waals surface area contributed by atoms with Gasteiger partial charge in [0.15, 0.2) is 0 Å². The van der Waals surface area contributed by atoms with Gasteiger partial charge in [-0.3, -0.25) is 0 Å². The molecule has 0 spiro atoms. The molecule has 3 rings (SSSR count). The Morgan fingerprint density at radius 3 is 2.86 bits per heavy atom. The van der Waals surface area contributed by atoms with Gasteiger partial charge < -0.3 is 9.64 Å². The van der Waals surface area contributed by atoms with Gasteiger partial charge in [0, 0.05) is 24.9 Å². The number of aromatic nitrogens is 2. The second-order valence-electron chi connectivity index (χ2n) is 4.73. The summed E-state index contributed by atoms with van der Waals surface area (Å²) in [5.41, 5.74) is 0.950. The molecule has 0 N–H and O–H groups in total. The molecule has 110 valence electrons. The Hall–Kier alpha value is -1.66. The third-order valence-electron chi connectivity index (χ3n) is 3.24. The minimum absolute atomic E-state index is 0.204. The van der Waals surface area contributed by atoms with E-state index >= 15 is 0 Å². The number of hydrogen-bond donors (Lipinski definition) is 0. The maximum Gasteiger partial charge on any atom is 0.133 e. The van der Waals surface area contributed by atoms with E-state index in [-0.39, 0.29) is 5.82 Å². The van der Waals surface area contributed by atoms with Crippen molar-refractivity contribution in [2.24, 2.45) is 0 Å². The molecule has 0 atom stereocenters. The maximum atomic E-state index is 13.1. The van der Waals surface area contributed by atoms with Crippen LogP contribution >= 0.6 is 11.8 Å². The van der Waals surface area contributed by atoms with E-state index in [2.05, 4.69) is 14.9 Å². The molecule has 21 heavy (non-hydrogen) atoms. The largest absolute Gasteiger partial charge is 0.378 e. The van der Waals surface area contributed by atoms with Crippen molar-refractivity contribution < 1.29 is 9.13 Å². The number of halogens is 1. The molecule has 0 bridgehead atoms. The van der Waals surface area contributed by atoms with E-state index < -0.39 is 0 Å². The molecule has 0 aliphatic carbocycles. The highest BCUT2D eigenvalue weighted by Crippen LogP contribution is 2.24. The fraction of sp³-hybridized carbons (Fsp3) is 0.333. The van der Waals surface area contributed by atoms with Crippen molar-refractivity contribution >= 4 is 17.6 Å². The number of nitrogens with zero attached hydrogens (tertiary/aromatic N) is 3. The topological polar surface area (TPSA) is 38.2 Å². The summed E-state index contributed by atoms with van der Waals surface area (Å²) in [6, 6.07) is 8.63. The molecule has 1 aliphatic rings. The Morgan fingerprint density at radius 2 is 2.05 bits per heavy atom. The first-order valence-corrected chi connectivity index (χ1v) is 7.82. The first-order chi connectivity index (χ1) is 10.3. The number of morpholine rings is 1. The van der Waals surface area contributed by atoms with Crippen molar-refractivity contribution in [3.05, 3.63) is 48.0 Å². The van der Waals surface area contributed by atoms with Crippen LogP contribution in [0.3, 0.4) is 0 Å². The molecular weight excluding hydrogens is 289 g/mol. The van der Waals surface area contributed by atoms with Crippen LogP contribution < -0.4 is 4.90 Å². The van der Waals surface area contributed by atoms with E-state index in [0.717, 1.165) is 42.7 Å². The van der Waals surface area contributed by atoms with Gasteiger partial charge in [-0.2, -0.15) is 0 Å². The summed E-state index contributed by atoms with van der Waals surface area (Å²) in [6.07, 6.45) is 1.58. The van der Waals surface area contributed by atoms with E-state index in [4.69, 9.17) is 4.74 Å². The molecular formula is C15H16FN3OS. The zero-order chi connectivity index (χ0) is 14.5. The highest BCUT2D eigenvalue weighted by atomic mass is 32.2. The summed E-state index contributed by atoms with van der Waals surface area (Å²) >= 11 is 1.58. The molecule has 4 nitrogen and oxygen atoms in total. The zero-order valence-corrected chi connectivity index (χ0v) is 12.4. The van der Waals surface area contributed by atoms with Crippen LogP contribution in [0.1, 0.15) is 5.56 Å². The summed E-state index contributed by atoms with van der Waals surface area (Å²) in [5, 5.41) is 0.899. The number of anilines is 1. The minimum Gasteiger partial charge on any atom is -0.378 e. The molecule has 6 heteroatoms. The van der Waals surface area contributed by atoms with Crippen molar-refractivity contribution in [3.63, 3.8) is 0 Å². The minimum atomic E-state index is -0.204. The van der Waals surface area contributed by atoms with Crippen molar-refractivity contribution in [1.29, 1.82) is 0 Å². The van der Waals surface area contributed by atoms with Crippen molar-refractivity contribution in [2.45, 2.75) is 10.8 Å². The molecule has 1 fully saturated rings. The monoisotopic (exact) mass is 305 g/mol. The second-order valence-corrected chi connectivity index (χ2v) is 5.73. The fourth-order valence-electron chi connectivity index (χ4n) is 2.16. The molecule has 1 saturated heterocycles. The molecule has 2 heterocycles. The molecule has 1 aromatic heterocycles. The molecule has 1 aromatic carbocycles. The zero-order valence-electron chi connectivity index (χ0n) is 11.5. The standard InChI is InChI=1S/C15H16FN3OS/c16-13-3-1-2-12(8-13)10-21-15-9-14(17-11-18-15)19-4-6-20-7-5-19/h1-3,8-9,11H,4-7,10H2. The molecule has 0 saturated carbocycles. The number of thioether (sulfide) groups is 1. The van der Waals surface area contributed by atoms with E-state index in [0.29, 0.717) is 5.75 Å². The van der Waals surface area contributed by atoms with Gasteiger partial charge in [-0.25, -0.2) is 14.4 Å². The average molecular weight is 305 g/mol. The predicted octanol–water partition coefficient (Wildman–Crippen LogP) is 2.74. The number of rotatable bonds is 4. The Kier molecular flexibility index (Phi) is 4.67. The van der Waals surface area contributed by atoms with E-state index in [1.54, 1.807) is 30.2 Å². The Balaban J connectivity index is 1.65. The highest BCUT2D eigenvalue weighted by Gasteiger charge is 2.13. The van der Waals surface area contributed by atoms with E-state index in [1.807, 2.05) is 12.1 Å². The van der Waals surface area contributed by atoms with E-state index in [1.165, 1.54) is 6.07 Å². The SMILES string of the molecule is Fc1cccc(CSc2cc(N3CCOCC3)ncn2)c1. The van der Waals surface area contributed by atoms with Crippen molar-refractivity contribution in [3.8, 4) is 0 Å². The third kappa shape index (κ3) is 3.92. The Morgan fingerprint density at radius 1 is 1.19 bits per heavy atom. The lowest BCUT2D eigenvalue weighted by Crippen LogP contribution is -2.36. The maximum absolute atomic E-state index is 13.1. The normalized spacial score (nSPS) is 15.2. The molecule has 0 amide bonds. The van der Waals surface area contributed by atoms with Crippen LogP contribution in [0.2, 0.25) is 0 Å². The smallest absolute Gasteiger partial charge is 0.133 e. The van der Waals surface area contributed by atoms with E-state index in [9.17, 15) is 4.39 Å². The summed E-state index contributed by atoms with van der Waals surface area (Å²) < 4.78 is 18.5. The summed E-state index contributed by atoms with van der Waals surface area (Å²) in [6.45, 7) is 3.17. The quantitative estimate of drug-likeness (QED) is 0.641. The Bertz CT molecular complexity index is 605. The van der Waals surface area contributed by atoms with Gasteiger partial charge >= 0.3 is 0 Å². The Labute approximate surface area is 127 Å². The first kappa shape index (κ1) is 14.3. The van der Waals surface area contributed by atoms with Gasteiger partial charge in [0.1, 0.15) is 23.0 Å².